The zero-order valence-electron chi connectivity index (χ0n) is 18.3. The number of nitro groups is 1. The number of amides is 1. The van der Waals surface area contributed by atoms with E-state index in [4.69, 9.17) is 4.74 Å². The first-order valence-corrected chi connectivity index (χ1v) is 11.1. The molecule has 0 spiro atoms. The smallest absolute Gasteiger partial charge is 0.272 e. The van der Waals surface area contributed by atoms with Crippen molar-refractivity contribution < 1.29 is 22.9 Å². The van der Waals surface area contributed by atoms with Crippen LogP contribution in [0.15, 0.2) is 23.1 Å². The van der Waals surface area contributed by atoms with Crippen molar-refractivity contribution in [3.8, 4) is 11.6 Å². The molecule has 11 nitrogen and oxygen atoms in total. The number of nitrogens with zero attached hydrogens (tertiary/aromatic N) is 3. The third kappa shape index (κ3) is 5.79. The predicted octanol–water partition coefficient (Wildman–Crippen LogP) is 2.50. The number of aromatic nitrogens is 2. The summed E-state index contributed by atoms with van der Waals surface area (Å²) in [6, 6.07) is 2.85. The summed E-state index contributed by atoms with van der Waals surface area (Å²) in [7, 11) is -2.56. The number of carbonyl (C=O) groups is 1. The lowest BCUT2D eigenvalue weighted by atomic mass is 10.2. The Labute approximate surface area is 181 Å². The van der Waals surface area contributed by atoms with Crippen LogP contribution in [0.4, 0.5) is 5.69 Å². The predicted molar refractivity (Wildman–Crippen MR) is 114 cm³/mol. The molecule has 12 heteroatoms. The summed E-state index contributed by atoms with van der Waals surface area (Å²) in [5, 5.41) is 18.1. The number of ether oxygens (including phenoxy) is 1. The second kappa shape index (κ2) is 9.43. The Bertz CT molecular complexity index is 1090. The molecule has 1 aromatic heterocycles. The average molecular weight is 454 g/mol. The Balaban J connectivity index is 2.49. The van der Waals surface area contributed by atoms with Gasteiger partial charge in [0, 0.05) is 37.3 Å². The summed E-state index contributed by atoms with van der Waals surface area (Å²) in [6.45, 7) is 9.27. The Kier molecular flexibility index (Phi) is 7.39. The van der Waals surface area contributed by atoms with Gasteiger partial charge in [0.05, 0.1) is 4.92 Å². The number of hydrogen-bond acceptors (Lipinski definition) is 7. The lowest BCUT2D eigenvalue weighted by Gasteiger charge is -2.14. The number of rotatable bonds is 9. The summed E-state index contributed by atoms with van der Waals surface area (Å²) >= 11 is 0. The molecule has 0 saturated heterocycles. The third-order valence-electron chi connectivity index (χ3n) is 4.13. The minimum Gasteiger partial charge on any atom is -0.438 e. The van der Waals surface area contributed by atoms with Crippen molar-refractivity contribution in [3.63, 3.8) is 0 Å². The highest BCUT2D eigenvalue weighted by Crippen LogP contribution is 2.34. The first-order chi connectivity index (χ1) is 14.3. The number of nitro benzene ring substituents is 1. The van der Waals surface area contributed by atoms with E-state index < -0.39 is 26.7 Å². The van der Waals surface area contributed by atoms with Crippen molar-refractivity contribution in [2.24, 2.45) is 13.0 Å². The maximum Gasteiger partial charge on any atom is 0.272 e. The van der Waals surface area contributed by atoms with E-state index in [1.54, 1.807) is 27.8 Å². The maximum absolute atomic E-state index is 12.8. The van der Waals surface area contributed by atoms with Crippen LogP contribution in [0.5, 0.6) is 11.6 Å². The molecule has 170 valence electrons. The van der Waals surface area contributed by atoms with Crippen molar-refractivity contribution in [2.75, 3.05) is 6.54 Å². The minimum absolute atomic E-state index is 0.126. The van der Waals surface area contributed by atoms with Gasteiger partial charge in [-0.2, -0.15) is 5.10 Å². The highest BCUT2D eigenvalue weighted by atomic mass is 32.2. The molecule has 2 rings (SSSR count). The molecule has 0 saturated carbocycles. The van der Waals surface area contributed by atoms with Crippen LogP contribution in [0.1, 0.15) is 43.7 Å². The van der Waals surface area contributed by atoms with E-state index in [0.29, 0.717) is 12.1 Å². The summed E-state index contributed by atoms with van der Waals surface area (Å²) in [5.41, 5.74) is 0.152. The van der Waals surface area contributed by atoms with Crippen molar-refractivity contribution in [1.29, 1.82) is 0 Å². The Hall–Kier alpha value is -2.99. The topological polar surface area (TPSA) is 145 Å². The first kappa shape index (κ1) is 24.3. The first-order valence-electron chi connectivity index (χ1n) is 9.64. The van der Waals surface area contributed by atoms with Crippen LogP contribution in [0.25, 0.3) is 0 Å². The molecule has 0 atom stereocenters. The Morgan fingerprint density at radius 2 is 1.94 bits per heavy atom. The molecule has 2 N–H and O–H groups in total. The monoisotopic (exact) mass is 453 g/mol. The molecule has 0 fully saturated rings. The van der Waals surface area contributed by atoms with Crippen LogP contribution in [0.2, 0.25) is 0 Å². The number of nitrogens with one attached hydrogen (secondary N) is 2. The van der Waals surface area contributed by atoms with E-state index in [-0.39, 0.29) is 34.0 Å². The number of sulfonamides is 1. The SMILES string of the molecule is Cc1c(C(=O)NCC(C)C)nn(C)c1Oc1ccc([N+](=O)[O-])cc1S(=O)(=O)NC(C)C. The van der Waals surface area contributed by atoms with Gasteiger partial charge in [-0.1, -0.05) is 13.8 Å². The van der Waals surface area contributed by atoms with Gasteiger partial charge in [0.25, 0.3) is 11.6 Å². The normalized spacial score (nSPS) is 11.7. The molecule has 1 aromatic carbocycles. The van der Waals surface area contributed by atoms with Gasteiger partial charge >= 0.3 is 0 Å². The molecule has 0 unspecified atom stereocenters. The molecule has 1 amide bonds. The lowest BCUT2D eigenvalue weighted by molar-refractivity contribution is -0.385. The molecule has 1 heterocycles. The summed E-state index contributed by atoms with van der Waals surface area (Å²) in [4.78, 5) is 22.5. The van der Waals surface area contributed by atoms with Crippen molar-refractivity contribution >= 4 is 21.6 Å². The van der Waals surface area contributed by atoms with Gasteiger partial charge in [0.2, 0.25) is 15.9 Å². The fraction of sp³-hybridized carbons (Fsp3) is 0.474. The highest BCUT2D eigenvalue weighted by molar-refractivity contribution is 7.89. The van der Waals surface area contributed by atoms with Crippen molar-refractivity contribution in [3.05, 3.63) is 39.6 Å². The number of hydrogen-bond donors (Lipinski definition) is 2. The van der Waals surface area contributed by atoms with E-state index in [9.17, 15) is 23.3 Å². The van der Waals surface area contributed by atoms with E-state index >= 15 is 0 Å². The van der Waals surface area contributed by atoms with Gasteiger partial charge in [-0.15, -0.1) is 0 Å². The standard InChI is InChI=1S/C19H27N5O6S/c1-11(2)10-20-18(25)17-13(5)19(23(6)21-17)30-15-8-7-14(24(26)27)9-16(15)31(28,29)22-12(3)4/h7-9,11-12,22H,10H2,1-6H3,(H,20,25). The van der Waals surface area contributed by atoms with Gasteiger partial charge < -0.3 is 10.1 Å². The number of carbonyl (C=O) groups excluding carboxylic acids is 1. The van der Waals surface area contributed by atoms with Crippen LogP contribution >= 0.6 is 0 Å². The third-order valence-corrected chi connectivity index (χ3v) is 5.81. The van der Waals surface area contributed by atoms with Gasteiger partial charge in [0.15, 0.2) is 5.69 Å². The van der Waals surface area contributed by atoms with Crippen molar-refractivity contribution in [1.82, 2.24) is 19.8 Å². The zero-order chi connectivity index (χ0) is 23.5. The van der Waals surface area contributed by atoms with E-state index in [1.807, 2.05) is 13.8 Å². The zero-order valence-corrected chi connectivity index (χ0v) is 19.1. The molecule has 0 bridgehead atoms. The van der Waals surface area contributed by atoms with Crippen LogP contribution in [0.3, 0.4) is 0 Å². The molecular weight excluding hydrogens is 426 g/mol. The summed E-state index contributed by atoms with van der Waals surface area (Å²) in [6.07, 6.45) is 0. The minimum atomic E-state index is -4.11. The number of benzene rings is 1. The average Bonchev–Trinajstić information content (AvgIpc) is 2.93. The quantitative estimate of drug-likeness (QED) is 0.438. The largest absolute Gasteiger partial charge is 0.438 e. The molecule has 0 aliphatic rings. The van der Waals surface area contributed by atoms with Crippen molar-refractivity contribution in [2.45, 2.75) is 45.6 Å². The molecule has 0 radical (unpaired) electrons. The van der Waals surface area contributed by atoms with Gasteiger partial charge in [-0.3, -0.25) is 14.9 Å². The molecular formula is C19H27N5O6S. The van der Waals surface area contributed by atoms with Gasteiger partial charge in [-0.25, -0.2) is 17.8 Å². The van der Waals surface area contributed by atoms with E-state index in [2.05, 4.69) is 15.1 Å². The molecule has 0 aliphatic heterocycles. The fourth-order valence-corrected chi connectivity index (χ4v) is 4.13. The highest BCUT2D eigenvalue weighted by Gasteiger charge is 2.27. The number of non-ortho nitro benzene ring substituents is 1. The summed E-state index contributed by atoms with van der Waals surface area (Å²) < 4.78 is 35.0. The Morgan fingerprint density at radius 1 is 1.29 bits per heavy atom. The lowest BCUT2D eigenvalue weighted by Crippen LogP contribution is -2.30. The maximum atomic E-state index is 12.8. The molecule has 2 aromatic rings. The second-order valence-corrected chi connectivity index (χ2v) is 9.45. The van der Waals surface area contributed by atoms with Crippen LogP contribution in [-0.2, 0) is 17.1 Å². The molecule has 0 aliphatic carbocycles. The van der Waals surface area contributed by atoms with Crippen LogP contribution in [-0.4, -0.2) is 41.6 Å². The van der Waals surface area contributed by atoms with Crippen LogP contribution < -0.4 is 14.8 Å². The van der Waals surface area contributed by atoms with Crippen LogP contribution in [0, 0.1) is 23.0 Å². The van der Waals surface area contributed by atoms with Gasteiger partial charge in [0.1, 0.15) is 10.6 Å². The van der Waals surface area contributed by atoms with E-state index in [1.165, 1.54) is 10.7 Å². The summed E-state index contributed by atoms with van der Waals surface area (Å²) in [5.74, 6) is -0.108. The molecule has 31 heavy (non-hydrogen) atoms. The van der Waals surface area contributed by atoms with Gasteiger partial charge in [-0.05, 0) is 32.8 Å². The fourth-order valence-electron chi connectivity index (χ4n) is 2.74. The van der Waals surface area contributed by atoms with E-state index in [0.717, 1.165) is 12.1 Å². The number of aryl methyl sites for hydroxylation is 1. The Morgan fingerprint density at radius 3 is 2.48 bits per heavy atom. The second-order valence-electron chi connectivity index (χ2n) is 7.77.